The number of non-ortho nitro benzene ring substituents is 1. The number of nitrogens with zero attached hydrogens (tertiary/aromatic N) is 3. The van der Waals surface area contributed by atoms with Gasteiger partial charge >= 0.3 is 0 Å². The first-order chi connectivity index (χ1) is 10.7. The molecule has 2 aromatic rings. The highest BCUT2D eigenvalue weighted by atomic mass is 32.2. The van der Waals surface area contributed by atoms with Crippen molar-refractivity contribution < 1.29 is 14.4 Å². The van der Waals surface area contributed by atoms with Gasteiger partial charge in [0, 0.05) is 17.7 Å². The maximum Gasteiger partial charge on any atom is 0.270 e. The molecule has 1 aliphatic rings. The van der Waals surface area contributed by atoms with Gasteiger partial charge in [0.1, 0.15) is 5.03 Å². The number of ether oxygens (including phenoxy) is 2. The van der Waals surface area contributed by atoms with Crippen LogP contribution in [0.2, 0.25) is 0 Å². The summed E-state index contributed by atoms with van der Waals surface area (Å²) in [4.78, 5) is 10.4. The van der Waals surface area contributed by atoms with Crippen molar-refractivity contribution in [1.82, 2.24) is 10.2 Å². The van der Waals surface area contributed by atoms with Gasteiger partial charge in [0.2, 0.25) is 0 Å². The third-order valence-corrected chi connectivity index (χ3v) is 4.00. The van der Waals surface area contributed by atoms with E-state index < -0.39 is 4.92 Å². The number of hydrogen-bond acceptors (Lipinski definition) is 7. The first kappa shape index (κ1) is 14.9. The first-order valence-corrected chi connectivity index (χ1v) is 7.65. The number of rotatable bonds is 5. The van der Waals surface area contributed by atoms with Crippen molar-refractivity contribution >= 4 is 17.4 Å². The molecule has 8 heteroatoms. The molecule has 1 aliphatic heterocycles. The van der Waals surface area contributed by atoms with Gasteiger partial charge in [-0.2, -0.15) is 0 Å². The lowest BCUT2D eigenvalue weighted by molar-refractivity contribution is -0.384. The van der Waals surface area contributed by atoms with Crippen molar-refractivity contribution in [2.45, 2.75) is 11.3 Å². The van der Waals surface area contributed by atoms with Gasteiger partial charge in [-0.3, -0.25) is 10.1 Å². The van der Waals surface area contributed by atoms with E-state index in [1.807, 2.05) is 6.07 Å². The van der Waals surface area contributed by atoms with Gasteiger partial charge in [0.25, 0.3) is 5.69 Å². The summed E-state index contributed by atoms with van der Waals surface area (Å²) in [5, 5.41) is 19.8. The van der Waals surface area contributed by atoms with Crippen LogP contribution in [0.1, 0.15) is 0 Å². The van der Waals surface area contributed by atoms with Crippen molar-refractivity contribution in [1.29, 1.82) is 0 Å². The summed E-state index contributed by atoms with van der Waals surface area (Å²) in [5.74, 6) is 0.658. The van der Waals surface area contributed by atoms with Gasteiger partial charge in [-0.05, 0) is 12.1 Å². The molecule has 22 heavy (non-hydrogen) atoms. The molecule has 0 saturated carbocycles. The summed E-state index contributed by atoms with van der Waals surface area (Å²) < 4.78 is 10.7. The second-order valence-corrected chi connectivity index (χ2v) is 5.59. The van der Waals surface area contributed by atoms with Crippen molar-refractivity contribution in [3.8, 4) is 11.3 Å². The molecular weight excluding hydrogens is 306 g/mol. The zero-order chi connectivity index (χ0) is 15.4. The highest BCUT2D eigenvalue weighted by molar-refractivity contribution is 7.99. The number of thioether (sulfide) groups is 1. The summed E-state index contributed by atoms with van der Waals surface area (Å²) >= 11 is 1.50. The Morgan fingerprint density at radius 2 is 2.05 bits per heavy atom. The second-order valence-electron chi connectivity index (χ2n) is 4.55. The van der Waals surface area contributed by atoms with Crippen LogP contribution in [0.3, 0.4) is 0 Å². The van der Waals surface area contributed by atoms with E-state index in [-0.39, 0.29) is 12.0 Å². The highest BCUT2D eigenvalue weighted by Crippen LogP contribution is 2.24. The fraction of sp³-hybridized carbons (Fsp3) is 0.286. The van der Waals surface area contributed by atoms with Crippen LogP contribution < -0.4 is 0 Å². The molecule has 0 aliphatic carbocycles. The molecule has 1 aromatic carbocycles. The Labute approximate surface area is 130 Å². The van der Waals surface area contributed by atoms with Crippen molar-refractivity contribution in [3.05, 3.63) is 46.5 Å². The molecule has 0 radical (unpaired) electrons. The van der Waals surface area contributed by atoms with Crippen LogP contribution in [0.25, 0.3) is 11.3 Å². The molecule has 0 N–H and O–H groups in total. The second kappa shape index (κ2) is 6.82. The number of benzene rings is 1. The molecule has 0 atom stereocenters. The monoisotopic (exact) mass is 319 g/mol. The molecule has 114 valence electrons. The van der Waals surface area contributed by atoms with Gasteiger partial charge < -0.3 is 9.47 Å². The summed E-state index contributed by atoms with van der Waals surface area (Å²) in [5.41, 5.74) is 1.30. The quantitative estimate of drug-likeness (QED) is 0.475. The predicted octanol–water partition coefficient (Wildman–Crippen LogP) is 2.52. The first-order valence-electron chi connectivity index (χ1n) is 6.67. The highest BCUT2D eigenvalue weighted by Gasteiger charge is 2.16. The van der Waals surface area contributed by atoms with Crippen LogP contribution >= 0.6 is 11.8 Å². The normalized spacial score (nSPS) is 15.1. The zero-order valence-electron chi connectivity index (χ0n) is 11.5. The van der Waals surface area contributed by atoms with Crippen LogP contribution in [-0.2, 0) is 9.47 Å². The van der Waals surface area contributed by atoms with E-state index in [4.69, 9.17) is 9.47 Å². The lowest BCUT2D eigenvalue weighted by atomic mass is 10.1. The summed E-state index contributed by atoms with van der Waals surface area (Å²) in [6, 6.07) is 9.96. The number of hydrogen-bond donors (Lipinski definition) is 0. The largest absolute Gasteiger partial charge is 0.349 e. The van der Waals surface area contributed by atoms with Gasteiger partial charge in [-0.25, -0.2) is 0 Å². The smallest absolute Gasteiger partial charge is 0.270 e. The molecule has 0 amide bonds. The van der Waals surface area contributed by atoms with E-state index in [1.54, 1.807) is 18.2 Å². The number of nitro benzene ring substituents is 1. The molecular formula is C14H13N3O4S. The van der Waals surface area contributed by atoms with E-state index in [1.165, 1.54) is 23.9 Å². The van der Waals surface area contributed by atoms with Crippen LogP contribution in [0.15, 0.2) is 41.4 Å². The molecule has 0 spiro atoms. The minimum atomic E-state index is -0.428. The summed E-state index contributed by atoms with van der Waals surface area (Å²) in [6.45, 7) is 1.26. The van der Waals surface area contributed by atoms with Crippen molar-refractivity contribution in [3.63, 3.8) is 0 Å². The van der Waals surface area contributed by atoms with E-state index in [9.17, 15) is 10.1 Å². The average molecular weight is 319 g/mol. The molecule has 3 rings (SSSR count). The van der Waals surface area contributed by atoms with Crippen LogP contribution in [0, 0.1) is 10.1 Å². The Kier molecular flexibility index (Phi) is 4.62. The Balaban J connectivity index is 1.68. The Morgan fingerprint density at radius 3 is 2.73 bits per heavy atom. The lowest BCUT2D eigenvalue weighted by Crippen LogP contribution is -2.10. The molecule has 1 aromatic heterocycles. The van der Waals surface area contributed by atoms with Gasteiger partial charge in [-0.1, -0.05) is 23.9 Å². The number of nitro groups is 1. The molecule has 0 unspecified atom stereocenters. The van der Waals surface area contributed by atoms with Gasteiger partial charge in [0.15, 0.2) is 6.29 Å². The zero-order valence-corrected chi connectivity index (χ0v) is 12.4. The van der Waals surface area contributed by atoms with Crippen molar-refractivity contribution in [2.24, 2.45) is 0 Å². The minimum absolute atomic E-state index is 0.0354. The van der Waals surface area contributed by atoms with E-state index in [0.29, 0.717) is 30.2 Å². The molecule has 1 saturated heterocycles. The molecule has 7 nitrogen and oxygen atoms in total. The Morgan fingerprint density at radius 1 is 1.23 bits per heavy atom. The molecule has 1 fully saturated rings. The topological polar surface area (TPSA) is 87.4 Å². The summed E-state index contributed by atoms with van der Waals surface area (Å²) in [7, 11) is 0. The van der Waals surface area contributed by atoms with Crippen molar-refractivity contribution in [2.75, 3.05) is 19.0 Å². The third kappa shape index (κ3) is 3.59. The lowest BCUT2D eigenvalue weighted by Gasteiger charge is -2.07. The van der Waals surface area contributed by atoms with Crippen LogP contribution in [0.5, 0.6) is 0 Å². The maximum absolute atomic E-state index is 10.8. The van der Waals surface area contributed by atoms with Crippen LogP contribution in [0.4, 0.5) is 5.69 Å². The molecule has 2 heterocycles. The standard InChI is InChI=1S/C14H13N3O4S/c18-17(19)11-3-1-2-10(8-11)12-4-5-13(16-15-12)22-9-14-20-6-7-21-14/h1-5,8,14H,6-7,9H2. The average Bonchev–Trinajstić information content (AvgIpc) is 3.07. The van der Waals surface area contributed by atoms with E-state index in [0.717, 1.165) is 5.03 Å². The minimum Gasteiger partial charge on any atom is -0.349 e. The van der Waals surface area contributed by atoms with E-state index in [2.05, 4.69) is 10.2 Å². The predicted molar refractivity (Wildman–Crippen MR) is 80.5 cm³/mol. The third-order valence-electron chi connectivity index (χ3n) is 3.05. The molecule has 0 bridgehead atoms. The summed E-state index contributed by atoms with van der Waals surface area (Å²) in [6.07, 6.45) is -0.191. The number of aromatic nitrogens is 2. The van der Waals surface area contributed by atoms with Gasteiger partial charge in [0.05, 0.1) is 29.6 Å². The Bertz CT molecular complexity index is 659. The SMILES string of the molecule is O=[N+]([O-])c1cccc(-c2ccc(SCC3OCCO3)nn2)c1. The fourth-order valence-corrected chi connectivity index (χ4v) is 2.75. The van der Waals surface area contributed by atoms with E-state index >= 15 is 0 Å². The Hall–Kier alpha value is -2.03. The van der Waals surface area contributed by atoms with Gasteiger partial charge in [-0.15, -0.1) is 10.2 Å². The fourth-order valence-electron chi connectivity index (χ4n) is 1.99. The maximum atomic E-state index is 10.8. The van der Waals surface area contributed by atoms with Crippen LogP contribution in [-0.4, -0.2) is 40.4 Å².